The zero-order valence-electron chi connectivity index (χ0n) is 17.7. The van der Waals surface area contributed by atoms with E-state index in [0.717, 1.165) is 42.9 Å². The van der Waals surface area contributed by atoms with Crippen molar-refractivity contribution in [1.29, 1.82) is 0 Å². The largest absolute Gasteiger partial charge is 0.453 e. The molecular formula is C24H30N3O3+. The summed E-state index contributed by atoms with van der Waals surface area (Å²) in [7, 11) is 1.34. The number of nitrogens with zero attached hydrogens (tertiary/aromatic N) is 1. The fourth-order valence-corrected chi connectivity index (χ4v) is 4.61. The van der Waals surface area contributed by atoms with E-state index in [1.165, 1.54) is 36.8 Å². The van der Waals surface area contributed by atoms with Crippen LogP contribution in [0.25, 0.3) is 0 Å². The van der Waals surface area contributed by atoms with E-state index < -0.39 is 6.09 Å². The van der Waals surface area contributed by atoms with Crippen LogP contribution in [-0.4, -0.2) is 38.2 Å². The molecule has 4 rings (SSSR count). The van der Waals surface area contributed by atoms with Crippen molar-refractivity contribution < 1.29 is 19.2 Å². The van der Waals surface area contributed by atoms with E-state index in [-0.39, 0.29) is 11.9 Å². The number of ether oxygens (including phenoxy) is 1. The minimum Gasteiger partial charge on any atom is -0.453 e. The Morgan fingerprint density at radius 3 is 2.43 bits per heavy atom. The van der Waals surface area contributed by atoms with Crippen LogP contribution in [0.1, 0.15) is 37.3 Å². The van der Waals surface area contributed by atoms with Crippen molar-refractivity contribution in [3.8, 4) is 0 Å². The fourth-order valence-electron chi connectivity index (χ4n) is 4.61. The third-order valence-corrected chi connectivity index (χ3v) is 6.35. The number of fused-ring (bicyclic) bond motifs is 2. The number of carbonyl (C=O) groups is 2. The van der Waals surface area contributed by atoms with Crippen molar-refractivity contribution in [2.75, 3.05) is 30.4 Å². The number of likely N-dealkylation sites (tertiary alicyclic amines) is 1. The molecule has 2 aromatic rings. The number of carbonyl (C=O) groups excluding carboxylic acids is 2. The highest BCUT2D eigenvalue weighted by Gasteiger charge is 2.34. The molecule has 0 spiro atoms. The van der Waals surface area contributed by atoms with Gasteiger partial charge in [0.2, 0.25) is 0 Å². The molecule has 2 aliphatic rings. The Labute approximate surface area is 177 Å². The molecule has 6 heteroatoms. The molecule has 2 aliphatic heterocycles. The number of hydrogen-bond donors (Lipinski definition) is 2. The Balaban J connectivity index is 1.76. The summed E-state index contributed by atoms with van der Waals surface area (Å²) in [5, 5.41) is 2.73. The number of rotatable bonds is 3. The summed E-state index contributed by atoms with van der Waals surface area (Å²) in [6.07, 6.45) is 4.80. The normalized spacial score (nSPS) is 17.3. The number of quaternary nitrogens is 1. The molecule has 0 bridgehead atoms. The lowest BCUT2D eigenvalue weighted by atomic mass is 10.0. The summed E-state index contributed by atoms with van der Waals surface area (Å²) in [5.41, 5.74) is 4.69. The number of nitrogens with one attached hydrogen (secondary N) is 2. The number of anilines is 3. The molecule has 2 amide bonds. The predicted molar refractivity (Wildman–Crippen MR) is 117 cm³/mol. The third-order valence-electron chi connectivity index (χ3n) is 6.35. The smallest absolute Gasteiger partial charge is 0.411 e. The van der Waals surface area contributed by atoms with Gasteiger partial charge in [-0.15, -0.1) is 0 Å². The van der Waals surface area contributed by atoms with Gasteiger partial charge in [0.25, 0.3) is 5.91 Å². The lowest BCUT2D eigenvalue weighted by Crippen LogP contribution is -3.17. The van der Waals surface area contributed by atoms with Crippen molar-refractivity contribution in [3.63, 3.8) is 0 Å². The molecule has 30 heavy (non-hydrogen) atoms. The maximum Gasteiger partial charge on any atom is 0.411 e. The van der Waals surface area contributed by atoms with Crippen molar-refractivity contribution in [3.05, 3.63) is 53.6 Å². The Kier molecular flexibility index (Phi) is 6.04. The molecule has 0 unspecified atom stereocenters. The Morgan fingerprint density at radius 2 is 1.70 bits per heavy atom. The summed E-state index contributed by atoms with van der Waals surface area (Å²) >= 11 is 0. The maximum atomic E-state index is 13.9. The zero-order chi connectivity index (χ0) is 21.1. The monoisotopic (exact) mass is 408 g/mol. The van der Waals surface area contributed by atoms with Crippen molar-refractivity contribution in [2.45, 2.75) is 45.1 Å². The topological polar surface area (TPSA) is 63.1 Å². The first-order valence-electron chi connectivity index (χ1n) is 10.8. The number of amides is 2. The minimum absolute atomic E-state index is 0.109. The molecule has 0 aliphatic carbocycles. The second-order valence-electron chi connectivity index (χ2n) is 8.20. The summed E-state index contributed by atoms with van der Waals surface area (Å²) < 4.78 is 4.74. The number of aryl methyl sites for hydroxylation is 2. The average Bonchev–Trinajstić information content (AvgIpc) is 2.95. The highest BCUT2D eigenvalue weighted by atomic mass is 16.5. The van der Waals surface area contributed by atoms with Crippen molar-refractivity contribution in [2.24, 2.45) is 0 Å². The maximum absolute atomic E-state index is 13.9. The van der Waals surface area contributed by atoms with Crippen LogP contribution in [0.2, 0.25) is 0 Å². The van der Waals surface area contributed by atoms with Crippen LogP contribution >= 0.6 is 0 Å². The van der Waals surface area contributed by atoms with Crippen LogP contribution in [-0.2, 0) is 22.4 Å². The molecular weight excluding hydrogens is 378 g/mol. The lowest BCUT2D eigenvalue weighted by Gasteiger charge is -2.33. The Hall–Kier alpha value is -2.86. The highest BCUT2D eigenvalue weighted by Crippen LogP contribution is 2.38. The molecule has 0 radical (unpaired) electrons. The summed E-state index contributed by atoms with van der Waals surface area (Å²) in [6.45, 7) is 4.13. The number of benzene rings is 2. The van der Waals surface area contributed by atoms with Gasteiger partial charge in [0, 0.05) is 5.69 Å². The molecule has 0 aromatic heterocycles. The first kappa shape index (κ1) is 20.4. The first-order valence-corrected chi connectivity index (χ1v) is 10.8. The Morgan fingerprint density at radius 1 is 1.00 bits per heavy atom. The van der Waals surface area contributed by atoms with Crippen molar-refractivity contribution >= 4 is 29.1 Å². The first-order chi connectivity index (χ1) is 14.6. The van der Waals surface area contributed by atoms with Gasteiger partial charge in [-0.25, -0.2) is 4.79 Å². The van der Waals surface area contributed by atoms with E-state index in [1.807, 2.05) is 48.2 Å². The molecule has 2 N–H and O–H groups in total. The van der Waals surface area contributed by atoms with Gasteiger partial charge >= 0.3 is 6.09 Å². The lowest BCUT2D eigenvalue weighted by molar-refractivity contribution is -0.918. The van der Waals surface area contributed by atoms with E-state index in [9.17, 15) is 9.59 Å². The molecule has 2 aromatic carbocycles. The van der Waals surface area contributed by atoms with E-state index in [1.54, 1.807) is 0 Å². The molecule has 0 saturated carbocycles. The summed E-state index contributed by atoms with van der Waals surface area (Å²) in [5.74, 6) is 0.109. The fraction of sp³-hybridized carbons (Fsp3) is 0.417. The highest BCUT2D eigenvalue weighted by molar-refractivity contribution is 6.05. The summed E-state index contributed by atoms with van der Waals surface area (Å²) in [4.78, 5) is 28.8. The molecule has 1 atom stereocenters. The SMILES string of the molecule is COC(=O)Nc1ccc2c(c1)N(C(=O)[C@H](C)[NH+]1CCCCC1)c1ccccc1CC2. The van der Waals surface area contributed by atoms with Crippen LogP contribution in [0.4, 0.5) is 21.9 Å². The van der Waals surface area contributed by atoms with Crippen molar-refractivity contribution in [1.82, 2.24) is 0 Å². The Bertz CT molecular complexity index is 937. The third kappa shape index (κ3) is 4.05. The van der Waals surface area contributed by atoms with Gasteiger partial charge in [0.05, 0.1) is 31.6 Å². The van der Waals surface area contributed by atoms with Gasteiger partial charge < -0.3 is 9.64 Å². The van der Waals surface area contributed by atoms with E-state index in [0.29, 0.717) is 5.69 Å². The van der Waals surface area contributed by atoms with Gasteiger partial charge in [-0.3, -0.25) is 15.0 Å². The number of piperidine rings is 1. The van der Waals surface area contributed by atoms with Gasteiger partial charge in [-0.05, 0) is 68.4 Å². The quantitative estimate of drug-likeness (QED) is 0.820. The number of para-hydroxylation sites is 1. The van der Waals surface area contributed by atoms with Gasteiger partial charge in [-0.1, -0.05) is 24.3 Å². The number of methoxy groups -OCH3 is 1. The van der Waals surface area contributed by atoms with Crippen LogP contribution in [0.3, 0.4) is 0 Å². The van der Waals surface area contributed by atoms with E-state index >= 15 is 0 Å². The molecule has 2 heterocycles. The second kappa shape index (κ2) is 8.88. The number of hydrogen-bond acceptors (Lipinski definition) is 3. The van der Waals surface area contributed by atoms with Gasteiger partial charge in [0.15, 0.2) is 6.04 Å². The summed E-state index contributed by atoms with van der Waals surface area (Å²) in [6, 6.07) is 13.8. The molecule has 6 nitrogen and oxygen atoms in total. The van der Waals surface area contributed by atoms with Gasteiger partial charge in [0.1, 0.15) is 0 Å². The molecule has 1 fully saturated rings. The molecule has 1 saturated heterocycles. The van der Waals surface area contributed by atoms with Crippen LogP contribution in [0.15, 0.2) is 42.5 Å². The predicted octanol–water partition coefficient (Wildman–Crippen LogP) is 3.09. The minimum atomic E-state index is -0.520. The van der Waals surface area contributed by atoms with Crippen LogP contribution in [0.5, 0.6) is 0 Å². The zero-order valence-corrected chi connectivity index (χ0v) is 17.7. The average molecular weight is 409 g/mol. The van der Waals surface area contributed by atoms with Crippen LogP contribution < -0.4 is 15.1 Å². The van der Waals surface area contributed by atoms with Crippen LogP contribution in [0, 0.1) is 0 Å². The second-order valence-corrected chi connectivity index (χ2v) is 8.20. The van der Waals surface area contributed by atoms with Gasteiger partial charge in [-0.2, -0.15) is 0 Å². The van der Waals surface area contributed by atoms with E-state index in [4.69, 9.17) is 4.74 Å². The standard InChI is InChI=1S/C24H29N3O3/c1-17(26-14-6-3-7-15-26)23(28)27-21-9-5-4-8-18(21)10-11-19-12-13-20(16-22(19)27)25-24(29)30-2/h4-5,8-9,12-13,16-17H,3,6-7,10-11,14-15H2,1-2H3,(H,25,29)/p+1/t17-/m0/s1. The van der Waals surface area contributed by atoms with E-state index in [2.05, 4.69) is 11.4 Å². The molecule has 158 valence electrons.